The molecule has 22 heavy (non-hydrogen) atoms. The molecule has 0 unspecified atom stereocenters. The van der Waals surface area contributed by atoms with Crippen LogP contribution in [0, 0.1) is 0 Å². The van der Waals surface area contributed by atoms with E-state index in [9.17, 15) is 4.79 Å². The Kier molecular flexibility index (Phi) is 5.13. The molecule has 1 aliphatic heterocycles. The number of hydrogen-bond donors (Lipinski definition) is 1. The van der Waals surface area contributed by atoms with E-state index in [2.05, 4.69) is 52.9 Å². The number of carbonyl (C=O) groups excluding carboxylic acids is 1. The Morgan fingerprint density at radius 1 is 1.18 bits per heavy atom. The third-order valence-corrected chi connectivity index (χ3v) is 4.06. The SMILES string of the molecule is C[C@@H](C(=O)Nc1cnc(C(C)(C)C)nc1)N1CCN(C)CC1. The quantitative estimate of drug-likeness (QED) is 0.913. The number of amides is 1. The first-order chi connectivity index (χ1) is 10.3. The van der Waals surface area contributed by atoms with Gasteiger partial charge in [-0.15, -0.1) is 0 Å². The van der Waals surface area contributed by atoms with E-state index >= 15 is 0 Å². The smallest absolute Gasteiger partial charge is 0.241 e. The van der Waals surface area contributed by atoms with Crippen LogP contribution in [-0.2, 0) is 10.2 Å². The van der Waals surface area contributed by atoms with E-state index in [1.165, 1.54) is 0 Å². The van der Waals surface area contributed by atoms with E-state index in [1.54, 1.807) is 12.4 Å². The fourth-order valence-corrected chi connectivity index (χ4v) is 2.40. The highest BCUT2D eigenvalue weighted by molar-refractivity contribution is 5.94. The summed E-state index contributed by atoms with van der Waals surface area (Å²) < 4.78 is 0. The number of carbonyl (C=O) groups is 1. The van der Waals surface area contributed by atoms with Crippen molar-refractivity contribution in [2.45, 2.75) is 39.2 Å². The maximum Gasteiger partial charge on any atom is 0.241 e. The summed E-state index contributed by atoms with van der Waals surface area (Å²) in [7, 11) is 2.11. The van der Waals surface area contributed by atoms with Gasteiger partial charge in [-0.05, 0) is 14.0 Å². The van der Waals surface area contributed by atoms with Crippen molar-refractivity contribution in [1.82, 2.24) is 19.8 Å². The average molecular weight is 305 g/mol. The molecule has 1 aromatic rings. The zero-order chi connectivity index (χ0) is 16.3. The van der Waals surface area contributed by atoms with Crippen LogP contribution >= 0.6 is 0 Å². The monoisotopic (exact) mass is 305 g/mol. The van der Waals surface area contributed by atoms with Gasteiger partial charge in [0.1, 0.15) is 5.82 Å². The molecule has 1 saturated heterocycles. The second kappa shape index (κ2) is 6.71. The number of anilines is 1. The zero-order valence-corrected chi connectivity index (χ0v) is 14.3. The molecular formula is C16H27N5O. The second-order valence-corrected chi connectivity index (χ2v) is 7.05. The molecule has 1 atom stereocenters. The maximum atomic E-state index is 12.4. The lowest BCUT2D eigenvalue weighted by molar-refractivity contribution is -0.121. The first-order valence-electron chi connectivity index (χ1n) is 7.83. The summed E-state index contributed by atoms with van der Waals surface area (Å²) >= 11 is 0. The van der Waals surface area contributed by atoms with Crippen molar-refractivity contribution in [3.05, 3.63) is 18.2 Å². The third-order valence-electron chi connectivity index (χ3n) is 4.06. The Morgan fingerprint density at radius 3 is 2.23 bits per heavy atom. The summed E-state index contributed by atoms with van der Waals surface area (Å²) in [5.74, 6) is 0.772. The molecule has 1 N–H and O–H groups in total. The van der Waals surface area contributed by atoms with Gasteiger partial charge in [0.25, 0.3) is 0 Å². The van der Waals surface area contributed by atoms with Crippen LogP contribution in [0.5, 0.6) is 0 Å². The van der Waals surface area contributed by atoms with Crippen molar-refractivity contribution < 1.29 is 4.79 Å². The molecule has 0 saturated carbocycles. The van der Waals surface area contributed by atoms with Crippen LogP contribution in [0.25, 0.3) is 0 Å². The van der Waals surface area contributed by atoms with Gasteiger partial charge in [-0.1, -0.05) is 20.8 Å². The van der Waals surface area contributed by atoms with Crippen molar-refractivity contribution in [3.8, 4) is 0 Å². The van der Waals surface area contributed by atoms with E-state index in [-0.39, 0.29) is 17.4 Å². The highest BCUT2D eigenvalue weighted by atomic mass is 16.2. The standard InChI is InChI=1S/C16H27N5O/c1-12(21-8-6-20(5)7-9-21)14(22)19-13-10-17-15(18-11-13)16(2,3)4/h10-12H,6-9H2,1-5H3,(H,19,22)/t12-/m0/s1. The van der Waals surface area contributed by atoms with Crippen molar-refractivity contribution in [2.75, 3.05) is 38.5 Å². The molecule has 2 rings (SSSR count). The van der Waals surface area contributed by atoms with Crippen molar-refractivity contribution in [3.63, 3.8) is 0 Å². The molecule has 6 heteroatoms. The molecule has 0 radical (unpaired) electrons. The molecule has 0 bridgehead atoms. The summed E-state index contributed by atoms with van der Waals surface area (Å²) in [4.78, 5) is 25.5. The Bertz CT molecular complexity index is 500. The zero-order valence-electron chi connectivity index (χ0n) is 14.3. The predicted octanol–water partition coefficient (Wildman–Crippen LogP) is 1.35. The van der Waals surface area contributed by atoms with Crippen LogP contribution in [0.3, 0.4) is 0 Å². The summed E-state index contributed by atoms with van der Waals surface area (Å²) in [5, 5.41) is 2.91. The number of piperazine rings is 1. The number of nitrogens with one attached hydrogen (secondary N) is 1. The molecule has 2 heterocycles. The van der Waals surface area contributed by atoms with Crippen LogP contribution in [-0.4, -0.2) is 64.9 Å². The van der Waals surface area contributed by atoms with E-state index in [1.807, 2.05) is 6.92 Å². The summed E-state index contributed by atoms with van der Waals surface area (Å²) in [6.07, 6.45) is 3.37. The van der Waals surface area contributed by atoms with Crippen molar-refractivity contribution in [1.29, 1.82) is 0 Å². The van der Waals surface area contributed by atoms with Gasteiger partial charge in [0, 0.05) is 31.6 Å². The van der Waals surface area contributed by atoms with Crippen molar-refractivity contribution in [2.24, 2.45) is 0 Å². The summed E-state index contributed by atoms with van der Waals surface area (Å²) in [6.45, 7) is 12.0. The molecule has 1 fully saturated rings. The van der Waals surface area contributed by atoms with Crippen LogP contribution in [0.15, 0.2) is 12.4 Å². The lowest BCUT2D eigenvalue weighted by Crippen LogP contribution is -2.51. The van der Waals surface area contributed by atoms with Gasteiger partial charge in [-0.3, -0.25) is 9.69 Å². The van der Waals surface area contributed by atoms with Crippen molar-refractivity contribution >= 4 is 11.6 Å². The van der Waals surface area contributed by atoms with Gasteiger partial charge >= 0.3 is 0 Å². The molecule has 6 nitrogen and oxygen atoms in total. The Hall–Kier alpha value is -1.53. The van der Waals surface area contributed by atoms with Gasteiger partial charge in [0.2, 0.25) is 5.91 Å². The topological polar surface area (TPSA) is 61.4 Å². The lowest BCUT2D eigenvalue weighted by atomic mass is 9.96. The Balaban J connectivity index is 1.94. The first-order valence-corrected chi connectivity index (χ1v) is 7.83. The molecule has 0 aromatic carbocycles. The maximum absolute atomic E-state index is 12.4. The van der Waals surface area contributed by atoms with E-state index in [4.69, 9.17) is 0 Å². The number of hydrogen-bond acceptors (Lipinski definition) is 5. The number of aromatic nitrogens is 2. The molecule has 1 aromatic heterocycles. The van der Waals surface area contributed by atoms with Gasteiger partial charge < -0.3 is 10.2 Å². The number of rotatable bonds is 3. The summed E-state index contributed by atoms with van der Waals surface area (Å²) in [5.41, 5.74) is 0.564. The Labute approximate surface area is 132 Å². The molecule has 0 spiro atoms. The van der Waals surface area contributed by atoms with E-state index < -0.39 is 0 Å². The Morgan fingerprint density at radius 2 is 1.73 bits per heavy atom. The predicted molar refractivity (Wildman–Crippen MR) is 87.9 cm³/mol. The van der Waals surface area contributed by atoms with Crippen LogP contribution in [0.1, 0.15) is 33.5 Å². The molecule has 0 aliphatic carbocycles. The first kappa shape index (κ1) is 16.8. The lowest BCUT2D eigenvalue weighted by Gasteiger charge is -2.35. The van der Waals surface area contributed by atoms with E-state index in [0.717, 1.165) is 32.0 Å². The van der Waals surface area contributed by atoms with E-state index in [0.29, 0.717) is 5.69 Å². The minimum absolute atomic E-state index is 0.00309. The van der Waals surface area contributed by atoms with Crippen LogP contribution in [0.4, 0.5) is 5.69 Å². The average Bonchev–Trinajstić information content (AvgIpc) is 2.47. The minimum atomic E-state index is -0.143. The third kappa shape index (κ3) is 4.24. The number of likely N-dealkylation sites (N-methyl/N-ethyl adjacent to an activating group) is 1. The van der Waals surface area contributed by atoms with Gasteiger partial charge in [0.05, 0.1) is 24.1 Å². The summed E-state index contributed by atoms with van der Waals surface area (Å²) in [6, 6.07) is -0.143. The molecular weight excluding hydrogens is 278 g/mol. The molecule has 122 valence electrons. The molecule has 1 amide bonds. The fourth-order valence-electron chi connectivity index (χ4n) is 2.40. The van der Waals surface area contributed by atoms with Crippen LogP contribution < -0.4 is 5.32 Å². The van der Waals surface area contributed by atoms with Crippen LogP contribution in [0.2, 0.25) is 0 Å². The highest BCUT2D eigenvalue weighted by Gasteiger charge is 2.24. The molecule has 1 aliphatic rings. The van der Waals surface area contributed by atoms with Gasteiger partial charge in [0.15, 0.2) is 0 Å². The largest absolute Gasteiger partial charge is 0.322 e. The normalized spacial score (nSPS) is 19.0. The second-order valence-electron chi connectivity index (χ2n) is 7.05. The minimum Gasteiger partial charge on any atom is -0.322 e. The fraction of sp³-hybridized carbons (Fsp3) is 0.688. The van der Waals surface area contributed by atoms with Gasteiger partial charge in [-0.25, -0.2) is 9.97 Å². The number of nitrogens with zero attached hydrogens (tertiary/aromatic N) is 4. The highest BCUT2D eigenvalue weighted by Crippen LogP contribution is 2.18. The van der Waals surface area contributed by atoms with Gasteiger partial charge in [-0.2, -0.15) is 0 Å².